The van der Waals surface area contributed by atoms with Crippen LogP contribution in [0.1, 0.15) is 51.4 Å². The van der Waals surface area contributed by atoms with Gasteiger partial charge < -0.3 is 30.9 Å². The average Bonchev–Trinajstić information content (AvgIpc) is 3.65. The molecule has 0 saturated heterocycles. The van der Waals surface area contributed by atoms with E-state index in [2.05, 4.69) is 10.6 Å². The number of benzene rings is 2. The molecule has 1 aromatic heterocycles. The highest BCUT2D eigenvalue weighted by atomic mass is 19.1. The molecule has 0 spiro atoms. The maximum atomic E-state index is 15.0. The maximum Gasteiger partial charge on any atom is 0.254 e. The predicted octanol–water partition coefficient (Wildman–Crippen LogP) is 2.65. The maximum absolute atomic E-state index is 15.0. The molecule has 5 amide bonds. The highest BCUT2D eigenvalue weighted by molar-refractivity contribution is 6.15. The number of aliphatic hydroxyl groups is 1. The molecule has 4 rings (SSSR count). The van der Waals surface area contributed by atoms with Crippen LogP contribution in [0.3, 0.4) is 0 Å². The lowest BCUT2D eigenvalue weighted by molar-refractivity contribution is -0.144. The van der Waals surface area contributed by atoms with E-state index in [1.807, 2.05) is 55.7 Å². The number of aliphatic hydroxyl groups excluding tert-OH is 1. The van der Waals surface area contributed by atoms with Gasteiger partial charge in [-0.3, -0.25) is 28.9 Å². The molecule has 1 aliphatic heterocycles. The summed E-state index contributed by atoms with van der Waals surface area (Å²) in [7, 11) is 0. The molecule has 14 heteroatoms. The minimum Gasteiger partial charge on any atom is -0.387 e. The van der Waals surface area contributed by atoms with E-state index < -0.39 is 71.3 Å². The standard InChI is InChI=1S/C37H44F2N6O6/c1-23(45-31(47)12-13-32(45)48)35(50)41-15-16-42-36(51)29(40)14-17-44(33(49)22-46)34(37(2,3)4)30-18-25(27-19-26(38)10-11-28(27)39)21-43(30)20-24-8-6-5-7-9-24/h5-13,18-19,21,23,29,34,46H,14-17,20,22,40H2,1-4H3,(H,41,50)(H,42,51). The van der Waals surface area contributed by atoms with Gasteiger partial charge in [-0.15, -0.1) is 0 Å². The van der Waals surface area contributed by atoms with Crippen molar-refractivity contribution in [1.29, 1.82) is 0 Å². The van der Waals surface area contributed by atoms with Crippen LogP contribution in [0.2, 0.25) is 0 Å². The highest BCUT2D eigenvalue weighted by Crippen LogP contribution is 2.41. The number of imide groups is 1. The first kappa shape index (κ1) is 38.6. The van der Waals surface area contributed by atoms with E-state index in [0.717, 1.165) is 40.8 Å². The van der Waals surface area contributed by atoms with Gasteiger partial charge in [0.2, 0.25) is 17.7 Å². The number of aromatic nitrogens is 1. The van der Waals surface area contributed by atoms with E-state index >= 15 is 0 Å². The third-order valence-corrected chi connectivity index (χ3v) is 8.58. The Morgan fingerprint density at radius 3 is 2.18 bits per heavy atom. The molecule has 1 aliphatic rings. The van der Waals surface area contributed by atoms with Gasteiger partial charge in [0.05, 0.1) is 12.1 Å². The normalized spacial score (nSPS) is 14.7. The van der Waals surface area contributed by atoms with Gasteiger partial charge in [-0.25, -0.2) is 8.78 Å². The Morgan fingerprint density at radius 1 is 0.941 bits per heavy atom. The van der Waals surface area contributed by atoms with Gasteiger partial charge >= 0.3 is 0 Å². The van der Waals surface area contributed by atoms with Crippen LogP contribution < -0.4 is 16.4 Å². The van der Waals surface area contributed by atoms with E-state index in [1.54, 1.807) is 12.3 Å². The first-order valence-electron chi connectivity index (χ1n) is 16.6. The van der Waals surface area contributed by atoms with Crippen LogP contribution in [0.4, 0.5) is 8.78 Å². The largest absolute Gasteiger partial charge is 0.387 e. The average molecular weight is 707 g/mol. The van der Waals surface area contributed by atoms with Crippen molar-refractivity contribution in [1.82, 2.24) is 25.0 Å². The summed E-state index contributed by atoms with van der Waals surface area (Å²) in [5.41, 5.74) is 7.55. The second-order valence-electron chi connectivity index (χ2n) is 13.4. The molecule has 3 unspecified atom stereocenters. The number of nitrogens with one attached hydrogen (secondary N) is 2. The van der Waals surface area contributed by atoms with Crippen molar-refractivity contribution >= 4 is 29.5 Å². The summed E-state index contributed by atoms with van der Waals surface area (Å²) in [4.78, 5) is 64.7. The van der Waals surface area contributed by atoms with Gasteiger partial charge in [-0.1, -0.05) is 51.1 Å². The predicted molar refractivity (Wildman–Crippen MR) is 185 cm³/mol. The fourth-order valence-electron chi connectivity index (χ4n) is 6.07. The summed E-state index contributed by atoms with van der Waals surface area (Å²) in [6.07, 6.45) is 3.88. The topological polar surface area (TPSA) is 167 Å². The quantitative estimate of drug-likeness (QED) is 0.139. The van der Waals surface area contributed by atoms with Crippen LogP contribution in [0.15, 0.2) is 72.9 Å². The number of nitrogens with two attached hydrogens (primary N) is 1. The molecular formula is C37H44F2N6O6. The molecule has 0 fully saturated rings. The number of halogens is 2. The van der Waals surface area contributed by atoms with Crippen molar-refractivity contribution in [2.45, 2.75) is 58.8 Å². The van der Waals surface area contributed by atoms with Gasteiger partial charge in [0.25, 0.3) is 11.8 Å². The number of nitrogens with zero attached hydrogens (tertiary/aromatic N) is 3. The third kappa shape index (κ3) is 9.52. The molecule has 2 heterocycles. The zero-order valence-electron chi connectivity index (χ0n) is 29.1. The zero-order valence-corrected chi connectivity index (χ0v) is 29.1. The lowest BCUT2D eigenvalue weighted by Gasteiger charge is -2.41. The molecule has 12 nitrogen and oxygen atoms in total. The Morgan fingerprint density at radius 2 is 1.57 bits per heavy atom. The SMILES string of the molecule is CC(C(=O)NCCNC(=O)C(N)CCN(C(=O)CO)C(c1cc(-c2cc(F)ccc2F)cn1Cc1ccccc1)C(C)(C)C)N1C(=O)C=CC1=O. The van der Waals surface area contributed by atoms with Gasteiger partial charge in [0.1, 0.15) is 24.3 Å². The smallest absolute Gasteiger partial charge is 0.254 e. The molecule has 0 radical (unpaired) electrons. The Labute approximate surface area is 295 Å². The number of hydrogen-bond acceptors (Lipinski definition) is 7. The van der Waals surface area contributed by atoms with Crippen molar-refractivity contribution in [3.05, 3.63) is 95.8 Å². The van der Waals surface area contributed by atoms with Crippen molar-refractivity contribution in [2.75, 3.05) is 26.2 Å². The van der Waals surface area contributed by atoms with Gasteiger partial charge in [0, 0.05) is 61.3 Å². The summed E-state index contributed by atoms with van der Waals surface area (Å²) in [5.74, 6) is -4.14. The molecule has 5 N–H and O–H groups in total. The van der Waals surface area contributed by atoms with E-state index in [1.165, 1.54) is 11.8 Å². The lowest BCUT2D eigenvalue weighted by atomic mass is 9.82. The minimum atomic E-state index is -1.08. The zero-order chi connectivity index (χ0) is 37.5. The van der Waals surface area contributed by atoms with Crippen molar-refractivity contribution in [2.24, 2.45) is 11.1 Å². The number of rotatable bonds is 15. The molecule has 51 heavy (non-hydrogen) atoms. The highest BCUT2D eigenvalue weighted by Gasteiger charge is 2.37. The molecular weight excluding hydrogens is 662 g/mol. The molecule has 0 bridgehead atoms. The van der Waals surface area contributed by atoms with Gasteiger partial charge in [-0.2, -0.15) is 0 Å². The summed E-state index contributed by atoms with van der Waals surface area (Å²) in [5, 5.41) is 15.2. The summed E-state index contributed by atoms with van der Waals surface area (Å²) in [6.45, 7) is 6.64. The van der Waals surface area contributed by atoms with Crippen molar-refractivity contribution in [3.8, 4) is 11.1 Å². The van der Waals surface area contributed by atoms with E-state index in [0.29, 0.717) is 17.8 Å². The van der Waals surface area contributed by atoms with E-state index in [4.69, 9.17) is 5.73 Å². The van der Waals surface area contributed by atoms with Crippen LogP contribution in [0.5, 0.6) is 0 Å². The number of carbonyl (C=O) groups excluding carboxylic acids is 5. The molecule has 272 valence electrons. The van der Waals surface area contributed by atoms with Gasteiger partial charge in [0.15, 0.2) is 0 Å². The summed E-state index contributed by atoms with van der Waals surface area (Å²) >= 11 is 0. The first-order chi connectivity index (χ1) is 24.1. The van der Waals surface area contributed by atoms with Crippen molar-refractivity contribution in [3.63, 3.8) is 0 Å². The van der Waals surface area contributed by atoms with Crippen LogP contribution in [-0.4, -0.2) is 87.3 Å². The molecule has 0 aliphatic carbocycles. The Hall–Kier alpha value is -5.21. The van der Waals surface area contributed by atoms with Crippen LogP contribution in [-0.2, 0) is 30.5 Å². The Kier molecular flexibility index (Phi) is 12.6. The first-order valence-corrected chi connectivity index (χ1v) is 16.6. The molecule has 3 atom stereocenters. The van der Waals surface area contributed by atoms with Crippen LogP contribution in [0.25, 0.3) is 11.1 Å². The summed E-state index contributed by atoms with van der Waals surface area (Å²) in [6, 6.07) is 11.6. The number of amides is 5. The molecule has 2 aromatic carbocycles. The fraction of sp³-hybridized carbons (Fsp3) is 0.378. The third-order valence-electron chi connectivity index (χ3n) is 8.58. The van der Waals surface area contributed by atoms with E-state index in [9.17, 15) is 37.9 Å². The second kappa shape index (κ2) is 16.7. The fourth-order valence-corrected chi connectivity index (χ4v) is 6.07. The Bertz CT molecular complexity index is 1770. The number of carbonyl (C=O) groups is 5. The minimum absolute atomic E-state index is 0.000844. The van der Waals surface area contributed by atoms with Crippen LogP contribution >= 0.6 is 0 Å². The van der Waals surface area contributed by atoms with Crippen molar-refractivity contribution < 1.29 is 37.9 Å². The lowest BCUT2D eigenvalue weighted by Crippen LogP contribution is -2.50. The Balaban J connectivity index is 1.50. The second-order valence-corrected chi connectivity index (χ2v) is 13.4. The summed E-state index contributed by atoms with van der Waals surface area (Å²) < 4.78 is 31.1. The monoisotopic (exact) mass is 706 g/mol. The van der Waals surface area contributed by atoms with Crippen LogP contribution in [0, 0.1) is 17.0 Å². The molecule has 0 saturated carbocycles. The van der Waals surface area contributed by atoms with E-state index in [-0.39, 0.29) is 31.6 Å². The van der Waals surface area contributed by atoms with Gasteiger partial charge in [-0.05, 0) is 48.6 Å². The number of hydrogen-bond donors (Lipinski definition) is 4. The molecule has 3 aromatic rings.